The minimum atomic E-state index is -1.79. The number of piperidine rings is 1. The molecule has 254 valence electrons. The molecule has 2 aromatic rings. The number of carbonyl (C=O) groups excluding carboxylic acids is 3. The summed E-state index contributed by atoms with van der Waals surface area (Å²) in [5.74, 6) is -1.16. The Bertz CT molecular complexity index is 1370. The number of nitrogens with one attached hydrogen (secondary N) is 1. The summed E-state index contributed by atoms with van der Waals surface area (Å²) in [7, 11) is 1.76. The Morgan fingerprint density at radius 2 is 1.47 bits per heavy atom. The second kappa shape index (κ2) is 13.2. The molecule has 4 aliphatic heterocycles. The smallest absolute Gasteiger partial charge is 0.407 e. The van der Waals surface area contributed by atoms with Crippen molar-refractivity contribution in [3.8, 4) is 0 Å². The van der Waals surface area contributed by atoms with E-state index in [0.717, 1.165) is 12.8 Å². The molecule has 0 aliphatic carbocycles. The summed E-state index contributed by atoms with van der Waals surface area (Å²) in [4.78, 5) is 42.4. The van der Waals surface area contributed by atoms with E-state index in [2.05, 4.69) is 5.32 Å². The Kier molecular flexibility index (Phi) is 9.39. The van der Waals surface area contributed by atoms with E-state index in [0.29, 0.717) is 23.2 Å². The Morgan fingerprint density at radius 3 is 2.00 bits per heavy atom. The van der Waals surface area contributed by atoms with E-state index >= 15 is 0 Å². The van der Waals surface area contributed by atoms with Gasteiger partial charge in [-0.15, -0.1) is 0 Å². The molecule has 1 N–H and O–H groups in total. The number of quaternary nitrogens is 1. The molecule has 0 radical (unpaired) electrons. The van der Waals surface area contributed by atoms with Gasteiger partial charge in [-0.05, 0) is 34.7 Å². The number of alkyl carbamates (subject to hydrolysis) is 1. The number of rotatable bonds is 10. The fourth-order valence-electron chi connectivity index (χ4n) is 8.36. The number of ether oxygens (including phenoxy) is 4. The second-order valence-corrected chi connectivity index (χ2v) is 14.9. The van der Waals surface area contributed by atoms with Crippen molar-refractivity contribution in [1.82, 2.24) is 10.2 Å². The maximum Gasteiger partial charge on any atom is 0.407 e. The molecule has 2 aromatic carbocycles. The predicted octanol–water partition coefficient (Wildman–Crippen LogP) is 4.89. The van der Waals surface area contributed by atoms with Crippen molar-refractivity contribution in [3.05, 3.63) is 71.8 Å². The Morgan fingerprint density at radius 1 is 0.915 bits per heavy atom. The fourth-order valence-corrected chi connectivity index (χ4v) is 8.36. The molecule has 1 spiro atoms. The summed E-state index contributed by atoms with van der Waals surface area (Å²) in [6.45, 7) is 9.58. The Balaban J connectivity index is 1.19. The van der Waals surface area contributed by atoms with Crippen LogP contribution < -0.4 is 5.32 Å². The predicted molar refractivity (Wildman–Crippen MR) is 175 cm³/mol. The zero-order chi connectivity index (χ0) is 33.4. The standard InChI is InChI=1S/C37H49N3O7/c1-25(38-35(43)47-36(2,3)4)32-33(45-32)39(5)24-31(41)46-37(26-14-8-6-9-15-26,27-16-10-7-11-17-27)34(42)44-30-22-28-18-19-29(23-30)40(28)20-12-13-21-40/h6-11,14-17,25,28-30,32-33H,12-13,18-24H2,1-5H3/p+1/t25-,28?,29?,30?,32?,33?/m0/s1. The molecule has 47 heavy (non-hydrogen) atoms. The third-order valence-corrected chi connectivity index (χ3v) is 10.5. The molecule has 4 heterocycles. The van der Waals surface area contributed by atoms with Gasteiger partial charge in [0.2, 0.25) is 0 Å². The van der Waals surface area contributed by atoms with E-state index in [1.807, 2.05) is 67.6 Å². The van der Waals surface area contributed by atoms with Crippen molar-refractivity contribution < 1.29 is 37.8 Å². The minimum Gasteiger partial charge on any atom is -0.458 e. The van der Waals surface area contributed by atoms with Crippen molar-refractivity contribution in [2.24, 2.45) is 0 Å². The zero-order valence-corrected chi connectivity index (χ0v) is 28.4. The lowest BCUT2D eigenvalue weighted by Gasteiger charge is -2.47. The van der Waals surface area contributed by atoms with Gasteiger partial charge < -0.3 is 28.7 Å². The lowest BCUT2D eigenvalue weighted by Crippen LogP contribution is -2.60. The highest BCUT2D eigenvalue weighted by molar-refractivity contribution is 5.89. The maximum atomic E-state index is 14.6. The molecule has 0 aromatic heterocycles. The van der Waals surface area contributed by atoms with Gasteiger partial charge in [0.05, 0.1) is 37.8 Å². The molecule has 10 heteroatoms. The number of amides is 1. The van der Waals surface area contributed by atoms with Crippen molar-refractivity contribution >= 4 is 18.0 Å². The summed E-state index contributed by atoms with van der Waals surface area (Å²) in [6, 6.07) is 19.0. The average Bonchev–Trinajstić information content (AvgIpc) is 3.67. The van der Waals surface area contributed by atoms with Crippen LogP contribution in [0.4, 0.5) is 4.79 Å². The number of nitrogens with zero attached hydrogens (tertiary/aromatic N) is 2. The highest BCUT2D eigenvalue weighted by Gasteiger charge is 2.57. The first-order chi connectivity index (χ1) is 22.4. The van der Waals surface area contributed by atoms with Gasteiger partial charge in [0.1, 0.15) is 24.0 Å². The Hall–Kier alpha value is -3.47. The van der Waals surface area contributed by atoms with Crippen LogP contribution in [0.25, 0.3) is 0 Å². The molecule has 5 atom stereocenters. The molecule has 1 amide bonds. The maximum absolute atomic E-state index is 14.6. The lowest BCUT2D eigenvalue weighted by molar-refractivity contribution is -0.956. The van der Waals surface area contributed by atoms with Gasteiger partial charge in [0.15, 0.2) is 0 Å². The van der Waals surface area contributed by atoms with Gasteiger partial charge in [-0.2, -0.15) is 0 Å². The first-order valence-corrected chi connectivity index (χ1v) is 17.2. The highest BCUT2D eigenvalue weighted by Crippen LogP contribution is 2.47. The SMILES string of the molecule is C[C@H](NC(=O)OC(C)(C)C)C1OC1N(C)CC(=O)OC(C(=O)OC1CC2CCC(C1)[N+]21CCCC1)(c1ccccc1)c1ccccc1. The molecule has 4 saturated heterocycles. The summed E-state index contributed by atoms with van der Waals surface area (Å²) in [6.07, 6.45) is 5.09. The minimum absolute atomic E-state index is 0.136. The topological polar surface area (TPSA) is 107 Å². The lowest BCUT2D eigenvalue weighted by atomic mass is 9.85. The summed E-state index contributed by atoms with van der Waals surface area (Å²) >= 11 is 0. The molecule has 10 nitrogen and oxygen atoms in total. The number of carbonyl (C=O) groups is 3. The summed E-state index contributed by atoms with van der Waals surface area (Å²) in [5.41, 5.74) is -1.34. The van der Waals surface area contributed by atoms with Crippen LogP contribution in [0.5, 0.6) is 0 Å². The van der Waals surface area contributed by atoms with Crippen molar-refractivity contribution in [3.63, 3.8) is 0 Å². The summed E-state index contributed by atoms with van der Waals surface area (Å²) < 4.78 is 25.2. The van der Waals surface area contributed by atoms with Crippen molar-refractivity contribution in [1.29, 1.82) is 0 Å². The van der Waals surface area contributed by atoms with Crippen molar-refractivity contribution in [2.75, 3.05) is 26.7 Å². The number of hydrogen-bond acceptors (Lipinski definition) is 8. The summed E-state index contributed by atoms with van der Waals surface area (Å²) in [5, 5.41) is 2.81. The van der Waals surface area contributed by atoms with Crippen LogP contribution in [-0.2, 0) is 34.1 Å². The molecular weight excluding hydrogens is 598 g/mol. The number of benzene rings is 2. The van der Waals surface area contributed by atoms with Crippen LogP contribution in [0.3, 0.4) is 0 Å². The third-order valence-electron chi connectivity index (χ3n) is 10.5. The van der Waals surface area contributed by atoms with Crippen LogP contribution in [0.1, 0.15) is 77.3 Å². The number of likely N-dealkylation sites (N-methyl/N-ethyl adjacent to an activating group) is 1. The Labute approximate surface area is 278 Å². The third kappa shape index (κ3) is 6.91. The van der Waals surface area contributed by atoms with Crippen LogP contribution in [0.15, 0.2) is 60.7 Å². The van der Waals surface area contributed by atoms with Gasteiger partial charge >= 0.3 is 18.0 Å². The first-order valence-electron chi connectivity index (χ1n) is 17.2. The van der Waals surface area contributed by atoms with Gasteiger partial charge in [-0.1, -0.05) is 60.7 Å². The molecule has 6 rings (SSSR count). The van der Waals surface area contributed by atoms with E-state index in [-0.39, 0.29) is 24.8 Å². The average molecular weight is 649 g/mol. The molecule has 0 saturated carbocycles. The molecule has 4 fully saturated rings. The van der Waals surface area contributed by atoms with E-state index in [4.69, 9.17) is 18.9 Å². The van der Waals surface area contributed by atoms with Crippen molar-refractivity contribution in [2.45, 2.75) is 114 Å². The van der Waals surface area contributed by atoms with E-state index < -0.39 is 35.5 Å². The monoisotopic (exact) mass is 648 g/mol. The molecule has 2 bridgehead atoms. The van der Waals surface area contributed by atoms with E-state index in [9.17, 15) is 14.4 Å². The quantitative estimate of drug-likeness (QED) is 0.168. The molecule has 4 unspecified atom stereocenters. The molecular formula is C37H50N3O7+. The van der Waals surface area contributed by atoms with Crippen LogP contribution in [0.2, 0.25) is 0 Å². The van der Waals surface area contributed by atoms with Gasteiger partial charge in [-0.25, -0.2) is 9.59 Å². The normalized spacial score (nSPS) is 26.9. The molecule has 4 aliphatic rings. The second-order valence-electron chi connectivity index (χ2n) is 14.9. The van der Waals surface area contributed by atoms with Gasteiger partial charge in [0.25, 0.3) is 5.60 Å². The number of hydrogen-bond donors (Lipinski definition) is 1. The van der Waals surface area contributed by atoms with Crippen LogP contribution in [-0.4, -0.2) is 96.3 Å². The first kappa shape index (κ1) is 33.4. The highest BCUT2D eigenvalue weighted by atomic mass is 16.6. The van der Waals surface area contributed by atoms with Gasteiger partial charge in [-0.3, -0.25) is 9.69 Å². The van der Waals surface area contributed by atoms with Crippen LogP contribution in [0, 0.1) is 0 Å². The van der Waals surface area contributed by atoms with Gasteiger partial charge in [0, 0.05) is 49.7 Å². The zero-order valence-electron chi connectivity index (χ0n) is 28.4. The van der Waals surface area contributed by atoms with E-state index in [1.165, 1.54) is 43.3 Å². The van der Waals surface area contributed by atoms with Crippen LogP contribution >= 0.6 is 0 Å². The fraction of sp³-hybridized carbons (Fsp3) is 0.595. The largest absolute Gasteiger partial charge is 0.458 e. The number of esters is 2. The van der Waals surface area contributed by atoms with E-state index in [1.54, 1.807) is 32.7 Å². The number of epoxide rings is 1.